The van der Waals surface area contributed by atoms with E-state index in [2.05, 4.69) is 9.32 Å². The van der Waals surface area contributed by atoms with E-state index in [1.165, 1.54) is 0 Å². The molecule has 1 aromatic carbocycles. The number of rotatable bonds is 5. The number of nitrogens with two attached hydrogens (primary N) is 2. The second kappa shape index (κ2) is 8.44. The third-order valence-electron chi connectivity index (χ3n) is 3.30. The first-order valence-electron chi connectivity index (χ1n) is 7.15. The zero-order valence-electron chi connectivity index (χ0n) is 12.4. The standard InChI is InChI=1S/C9H14N2O3S.C5H10O2/c10-9-6-2-1-4-8(9)5-3-7-14-15(11,12)13;6-5(7)3-1-2-4-5/h1-2,4,6H,3,5,7,10H2,(H2,11,12,13);6-7H,1-4H2. The molecule has 0 atom stereocenters. The van der Waals surface area contributed by atoms with Gasteiger partial charge in [0.05, 0.1) is 6.61 Å². The molecule has 6 N–H and O–H groups in total. The lowest BCUT2D eigenvalue weighted by Gasteiger charge is -2.11. The minimum Gasteiger partial charge on any atom is -0.399 e. The maximum Gasteiger partial charge on any atom is 0.333 e. The van der Waals surface area contributed by atoms with Gasteiger partial charge >= 0.3 is 10.3 Å². The van der Waals surface area contributed by atoms with Crippen molar-refractivity contribution in [1.29, 1.82) is 0 Å². The van der Waals surface area contributed by atoms with Crippen LogP contribution < -0.4 is 10.9 Å². The largest absolute Gasteiger partial charge is 0.399 e. The topological polar surface area (TPSA) is 136 Å². The summed E-state index contributed by atoms with van der Waals surface area (Å²) in [6.45, 7) is 0.0766. The predicted octanol–water partition coefficient (Wildman–Crippen LogP) is 0.663. The molecule has 22 heavy (non-hydrogen) atoms. The van der Waals surface area contributed by atoms with Gasteiger partial charge in [-0.3, -0.25) is 4.18 Å². The average Bonchev–Trinajstić information content (AvgIpc) is 2.81. The molecule has 0 aliphatic heterocycles. The lowest BCUT2D eigenvalue weighted by atomic mass is 10.1. The fraction of sp³-hybridized carbons (Fsp3) is 0.571. The van der Waals surface area contributed by atoms with Crippen LogP contribution >= 0.6 is 0 Å². The van der Waals surface area contributed by atoms with Crippen molar-refractivity contribution in [2.24, 2.45) is 5.14 Å². The van der Waals surface area contributed by atoms with Gasteiger partial charge in [-0.05, 0) is 37.3 Å². The molecule has 7 nitrogen and oxygen atoms in total. The number of aliphatic hydroxyl groups is 2. The smallest absolute Gasteiger partial charge is 0.333 e. The molecule has 1 aliphatic rings. The minimum absolute atomic E-state index is 0.0766. The molecule has 0 aromatic heterocycles. The summed E-state index contributed by atoms with van der Waals surface area (Å²) in [5.41, 5.74) is 7.39. The molecule has 0 bridgehead atoms. The van der Waals surface area contributed by atoms with Crippen molar-refractivity contribution in [1.82, 2.24) is 0 Å². The molecule has 0 spiro atoms. The van der Waals surface area contributed by atoms with Crippen LogP contribution in [0.15, 0.2) is 24.3 Å². The first kappa shape index (κ1) is 18.9. The maximum atomic E-state index is 10.4. The van der Waals surface area contributed by atoms with Gasteiger partial charge in [-0.25, -0.2) is 5.14 Å². The number of benzene rings is 1. The van der Waals surface area contributed by atoms with Crippen molar-refractivity contribution >= 4 is 16.0 Å². The molecule has 1 aromatic rings. The van der Waals surface area contributed by atoms with Gasteiger partial charge in [-0.1, -0.05) is 18.2 Å². The molecule has 0 radical (unpaired) electrons. The molecule has 0 amide bonds. The Kier molecular flexibility index (Phi) is 7.24. The zero-order chi connectivity index (χ0) is 16.6. The van der Waals surface area contributed by atoms with Crippen molar-refractivity contribution in [3.05, 3.63) is 29.8 Å². The molecule has 1 saturated carbocycles. The zero-order valence-corrected chi connectivity index (χ0v) is 13.3. The van der Waals surface area contributed by atoms with Gasteiger partial charge in [0, 0.05) is 18.5 Å². The molecule has 126 valence electrons. The van der Waals surface area contributed by atoms with E-state index in [0.717, 1.165) is 18.4 Å². The predicted molar refractivity (Wildman–Crippen MR) is 83.9 cm³/mol. The highest BCUT2D eigenvalue weighted by Gasteiger charge is 2.26. The average molecular weight is 332 g/mol. The molecule has 0 unspecified atom stereocenters. The van der Waals surface area contributed by atoms with Crippen molar-refractivity contribution in [3.8, 4) is 0 Å². The van der Waals surface area contributed by atoms with E-state index in [9.17, 15) is 8.42 Å². The Morgan fingerprint density at radius 1 is 1.18 bits per heavy atom. The quantitative estimate of drug-likeness (QED) is 0.355. The molecule has 8 heteroatoms. The molecule has 1 aliphatic carbocycles. The van der Waals surface area contributed by atoms with Crippen LogP contribution in [-0.2, 0) is 20.9 Å². The Morgan fingerprint density at radius 2 is 1.77 bits per heavy atom. The minimum atomic E-state index is -3.82. The van der Waals surface area contributed by atoms with Crippen LogP contribution in [0.2, 0.25) is 0 Å². The summed E-state index contributed by atoms with van der Waals surface area (Å²) >= 11 is 0. The highest BCUT2D eigenvalue weighted by Crippen LogP contribution is 2.25. The first-order chi connectivity index (χ1) is 10.2. The molecular formula is C14H24N2O5S. The van der Waals surface area contributed by atoms with Gasteiger partial charge in [-0.15, -0.1) is 0 Å². The van der Waals surface area contributed by atoms with E-state index in [4.69, 9.17) is 15.9 Å². The Hall–Kier alpha value is -1.19. The summed E-state index contributed by atoms with van der Waals surface area (Å²) in [5.74, 6) is -1.31. The van der Waals surface area contributed by atoms with Gasteiger partial charge < -0.3 is 15.9 Å². The Bertz CT molecular complexity index is 552. The molecule has 0 heterocycles. The van der Waals surface area contributed by atoms with Crippen molar-refractivity contribution in [2.45, 2.75) is 44.3 Å². The number of nitrogen functional groups attached to an aromatic ring is 1. The van der Waals surface area contributed by atoms with Crippen LogP contribution in [0.1, 0.15) is 37.7 Å². The fourth-order valence-electron chi connectivity index (χ4n) is 2.14. The monoisotopic (exact) mass is 332 g/mol. The molecule has 2 rings (SSSR count). The summed E-state index contributed by atoms with van der Waals surface area (Å²) in [7, 11) is -3.82. The summed E-state index contributed by atoms with van der Waals surface area (Å²) < 4.78 is 25.3. The SMILES string of the molecule is Nc1ccccc1CCCOS(N)(=O)=O.OC1(O)CCCC1. The third-order valence-corrected chi connectivity index (χ3v) is 3.79. The Labute approximate surface area is 131 Å². The van der Waals surface area contributed by atoms with E-state index in [1.807, 2.05) is 18.2 Å². The van der Waals surface area contributed by atoms with E-state index >= 15 is 0 Å². The van der Waals surface area contributed by atoms with E-state index < -0.39 is 16.1 Å². The number of aryl methyl sites for hydroxylation is 1. The highest BCUT2D eigenvalue weighted by molar-refractivity contribution is 7.84. The van der Waals surface area contributed by atoms with Crippen molar-refractivity contribution in [3.63, 3.8) is 0 Å². The Morgan fingerprint density at radius 3 is 2.23 bits per heavy atom. The van der Waals surface area contributed by atoms with Gasteiger partial charge in [0.15, 0.2) is 5.79 Å². The van der Waals surface area contributed by atoms with Gasteiger partial charge in [0.2, 0.25) is 0 Å². The van der Waals surface area contributed by atoms with Gasteiger partial charge in [0.1, 0.15) is 0 Å². The van der Waals surface area contributed by atoms with Crippen LogP contribution in [0.5, 0.6) is 0 Å². The van der Waals surface area contributed by atoms with Crippen molar-refractivity contribution < 1.29 is 22.8 Å². The van der Waals surface area contributed by atoms with E-state index in [-0.39, 0.29) is 6.61 Å². The maximum absolute atomic E-state index is 10.4. The molecular weight excluding hydrogens is 308 g/mol. The number of hydrogen-bond acceptors (Lipinski definition) is 6. The summed E-state index contributed by atoms with van der Waals surface area (Å²) in [6, 6.07) is 7.42. The van der Waals surface area contributed by atoms with Gasteiger partial charge in [-0.2, -0.15) is 8.42 Å². The first-order valence-corrected chi connectivity index (χ1v) is 8.62. The van der Waals surface area contributed by atoms with Crippen LogP contribution in [-0.4, -0.2) is 31.0 Å². The molecule has 1 fully saturated rings. The van der Waals surface area contributed by atoms with Crippen LogP contribution in [0.4, 0.5) is 5.69 Å². The fourth-order valence-corrected chi connectivity index (χ4v) is 2.49. The number of hydrogen-bond donors (Lipinski definition) is 4. The van der Waals surface area contributed by atoms with Crippen LogP contribution in [0.25, 0.3) is 0 Å². The van der Waals surface area contributed by atoms with Crippen LogP contribution in [0.3, 0.4) is 0 Å². The number of para-hydroxylation sites is 1. The molecule has 0 saturated heterocycles. The summed E-state index contributed by atoms with van der Waals surface area (Å²) in [5, 5.41) is 22.2. The second-order valence-electron chi connectivity index (χ2n) is 5.31. The summed E-state index contributed by atoms with van der Waals surface area (Å²) in [6.07, 6.45) is 4.28. The van der Waals surface area contributed by atoms with E-state index in [0.29, 0.717) is 31.4 Å². The van der Waals surface area contributed by atoms with Crippen LogP contribution in [0, 0.1) is 0 Å². The van der Waals surface area contributed by atoms with Crippen molar-refractivity contribution in [2.75, 3.05) is 12.3 Å². The lowest BCUT2D eigenvalue weighted by Crippen LogP contribution is -2.21. The Balaban J connectivity index is 0.000000287. The van der Waals surface area contributed by atoms with E-state index in [1.54, 1.807) is 6.07 Å². The van der Waals surface area contributed by atoms with Gasteiger partial charge in [0.25, 0.3) is 0 Å². The highest BCUT2D eigenvalue weighted by atomic mass is 32.2. The second-order valence-corrected chi connectivity index (χ2v) is 6.53. The normalized spacial score (nSPS) is 16.9. The number of anilines is 1. The lowest BCUT2D eigenvalue weighted by molar-refractivity contribution is -0.152. The third kappa shape index (κ3) is 8.30. The summed E-state index contributed by atoms with van der Waals surface area (Å²) in [4.78, 5) is 0.